The number of rotatable bonds is 3. The van der Waals surface area contributed by atoms with E-state index in [9.17, 15) is 0 Å². The number of fused-ring (bicyclic) bond motifs is 3. The minimum Gasteiger partial charge on any atom is -0.0617 e. The molecule has 0 fully saturated rings. The van der Waals surface area contributed by atoms with Crippen molar-refractivity contribution in [3.63, 3.8) is 0 Å². The zero-order chi connectivity index (χ0) is 27.4. The van der Waals surface area contributed by atoms with Crippen LogP contribution in [0.4, 0.5) is 0 Å². The summed E-state index contributed by atoms with van der Waals surface area (Å²) in [5, 5.41) is 7.79. The molecule has 40 heavy (non-hydrogen) atoms. The van der Waals surface area contributed by atoms with E-state index >= 15 is 0 Å². The van der Waals surface area contributed by atoms with Crippen LogP contribution in [0.5, 0.6) is 0 Å². The lowest BCUT2D eigenvalue weighted by atomic mass is 9.81. The molecule has 0 saturated heterocycles. The highest BCUT2D eigenvalue weighted by Crippen LogP contribution is 2.47. The summed E-state index contributed by atoms with van der Waals surface area (Å²) in [6, 6.07) is 44.7. The molecule has 0 radical (unpaired) electrons. The van der Waals surface area contributed by atoms with Gasteiger partial charge in [0.15, 0.2) is 0 Å². The van der Waals surface area contributed by atoms with E-state index in [1.807, 2.05) is 0 Å². The molecule has 0 unspecified atom stereocenters. The van der Waals surface area contributed by atoms with Crippen LogP contribution in [-0.2, 0) is 0 Å². The van der Waals surface area contributed by atoms with Crippen LogP contribution in [0.3, 0.4) is 0 Å². The molecule has 0 atom stereocenters. The van der Waals surface area contributed by atoms with Crippen molar-refractivity contribution in [3.05, 3.63) is 144 Å². The van der Waals surface area contributed by atoms with Gasteiger partial charge in [0, 0.05) is 0 Å². The van der Waals surface area contributed by atoms with Crippen LogP contribution in [0, 0.1) is 27.7 Å². The van der Waals surface area contributed by atoms with Crippen LogP contribution in [-0.4, -0.2) is 0 Å². The summed E-state index contributed by atoms with van der Waals surface area (Å²) in [4.78, 5) is 0. The fourth-order valence-corrected chi connectivity index (χ4v) is 6.77. The van der Waals surface area contributed by atoms with E-state index in [-0.39, 0.29) is 0 Å². The van der Waals surface area contributed by atoms with Gasteiger partial charge < -0.3 is 0 Å². The van der Waals surface area contributed by atoms with E-state index < -0.39 is 0 Å². The molecule has 0 bridgehead atoms. The summed E-state index contributed by atoms with van der Waals surface area (Å²) in [5.41, 5.74) is 13.1. The van der Waals surface area contributed by atoms with E-state index in [1.54, 1.807) is 0 Å². The van der Waals surface area contributed by atoms with E-state index in [4.69, 9.17) is 0 Å². The first-order valence-corrected chi connectivity index (χ1v) is 14.1. The normalized spacial score (nSPS) is 11.5. The second-order valence-electron chi connectivity index (χ2n) is 11.2. The Kier molecular flexibility index (Phi) is 5.79. The Labute approximate surface area is 236 Å². The lowest BCUT2D eigenvalue weighted by Crippen LogP contribution is -1.97. The van der Waals surface area contributed by atoms with Gasteiger partial charge in [-0.05, 0) is 122 Å². The maximum atomic E-state index is 2.37. The van der Waals surface area contributed by atoms with Crippen LogP contribution < -0.4 is 0 Å². The minimum absolute atomic E-state index is 1.26. The van der Waals surface area contributed by atoms with Gasteiger partial charge in [-0.15, -0.1) is 0 Å². The van der Waals surface area contributed by atoms with E-state index in [0.717, 1.165) is 0 Å². The maximum Gasteiger partial charge on any atom is -0.00210 e. The summed E-state index contributed by atoms with van der Waals surface area (Å²) in [6.45, 7) is 9.02. The van der Waals surface area contributed by atoms with Gasteiger partial charge >= 0.3 is 0 Å². The average Bonchev–Trinajstić information content (AvgIpc) is 2.97. The summed E-state index contributed by atoms with van der Waals surface area (Å²) >= 11 is 0. The van der Waals surface area contributed by atoms with Gasteiger partial charge in [-0.2, -0.15) is 0 Å². The molecule has 192 valence electrons. The zero-order valence-corrected chi connectivity index (χ0v) is 23.5. The van der Waals surface area contributed by atoms with Crippen molar-refractivity contribution in [3.8, 4) is 33.4 Å². The van der Waals surface area contributed by atoms with E-state index in [1.165, 1.54) is 88.0 Å². The van der Waals surface area contributed by atoms with Crippen LogP contribution in [0.2, 0.25) is 0 Å². The largest absolute Gasteiger partial charge is 0.0617 e. The van der Waals surface area contributed by atoms with Gasteiger partial charge in [0.05, 0.1) is 0 Å². The standard InChI is InChI=1S/C40H32/c1-25-12-11-13-26(2)37(25)39-33-16-7-9-18-35(33)40(36-19-10-8-17-34(36)39)38-27(3)22-32(23-28(38)4)31-21-20-29-14-5-6-15-30(29)24-31/h5-24H,1-4H3. The molecule has 0 aliphatic heterocycles. The summed E-state index contributed by atoms with van der Waals surface area (Å²) < 4.78 is 0. The molecule has 0 nitrogen and oxygen atoms in total. The third-order valence-electron chi connectivity index (χ3n) is 8.53. The zero-order valence-electron chi connectivity index (χ0n) is 23.5. The first-order valence-electron chi connectivity index (χ1n) is 14.1. The predicted octanol–water partition coefficient (Wildman–Crippen LogP) is 11.4. The fourth-order valence-electron chi connectivity index (χ4n) is 6.77. The van der Waals surface area contributed by atoms with Crippen LogP contribution in [0.15, 0.2) is 121 Å². The van der Waals surface area contributed by atoms with Crippen molar-refractivity contribution in [2.24, 2.45) is 0 Å². The first-order chi connectivity index (χ1) is 19.5. The molecule has 0 heteroatoms. The Balaban J connectivity index is 1.53. The van der Waals surface area contributed by atoms with Crippen molar-refractivity contribution in [2.45, 2.75) is 27.7 Å². The third-order valence-corrected chi connectivity index (χ3v) is 8.53. The number of hydrogen-bond donors (Lipinski definition) is 0. The molecule has 7 aromatic rings. The van der Waals surface area contributed by atoms with Crippen molar-refractivity contribution in [1.82, 2.24) is 0 Å². The molecule has 0 heterocycles. The van der Waals surface area contributed by atoms with Crippen molar-refractivity contribution >= 4 is 32.3 Å². The molecule has 0 aliphatic rings. The van der Waals surface area contributed by atoms with Gasteiger partial charge in [-0.1, -0.05) is 115 Å². The fraction of sp³-hybridized carbons (Fsp3) is 0.100. The smallest absolute Gasteiger partial charge is 0.00210 e. The van der Waals surface area contributed by atoms with E-state index in [0.29, 0.717) is 0 Å². The maximum absolute atomic E-state index is 2.37. The number of aryl methyl sites for hydroxylation is 4. The molecular formula is C40H32. The number of hydrogen-bond acceptors (Lipinski definition) is 0. The predicted molar refractivity (Wildman–Crippen MR) is 174 cm³/mol. The highest BCUT2D eigenvalue weighted by molar-refractivity contribution is 6.22. The van der Waals surface area contributed by atoms with Gasteiger partial charge in [0.25, 0.3) is 0 Å². The summed E-state index contributed by atoms with van der Waals surface area (Å²) in [7, 11) is 0. The van der Waals surface area contributed by atoms with Gasteiger partial charge in [-0.3, -0.25) is 0 Å². The van der Waals surface area contributed by atoms with Crippen LogP contribution in [0.1, 0.15) is 22.3 Å². The second-order valence-corrected chi connectivity index (χ2v) is 11.2. The first kappa shape index (κ1) is 24.4. The quantitative estimate of drug-likeness (QED) is 0.207. The Morgan fingerprint density at radius 2 is 0.750 bits per heavy atom. The molecule has 7 aromatic carbocycles. The lowest BCUT2D eigenvalue weighted by Gasteiger charge is -2.22. The monoisotopic (exact) mass is 512 g/mol. The molecule has 0 spiro atoms. The highest BCUT2D eigenvalue weighted by atomic mass is 14.2. The van der Waals surface area contributed by atoms with E-state index in [2.05, 4.69) is 149 Å². The SMILES string of the molecule is Cc1cccc(C)c1-c1c2ccccc2c(-c2c(C)cc(-c3ccc4ccccc4c3)cc2C)c2ccccc12. The molecular weight excluding hydrogens is 480 g/mol. The lowest BCUT2D eigenvalue weighted by molar-refractivity contribution is 1.38. The van der Waals surface area contributed by atoms with Gasteiger partial charge in [0.1, 0.15) is 0 Å². The topological polar surface area (TPSA) is 0 Å². The molecule has 0 saturated carbocycles. The van der Waals surface area contributed by atoms with Gasteiger partial charge in [0.2, 0.25) is 0 Å². The Morgan fingerprint density at radius 1 is 0.300 bits per heavy atom. The molecule has 0 amide bonds. The third kappa shape index (κ3) is 3.83. The van der Waals surface area contributed by atoms with Gasteiger partial charge in [-0.25, -0.2) is 0 Å². The molecule has 0 aromatic heterocycles. The van der Waals surface area contributed by atoms with Crippen LogP contribution >= 0.6 is 0 Å². The van der Waals surface area contributed by atoms with Crippen molar-refractivity contribution in [1.29, 1.82) is 0 Å². The molecule has 0 aliphatic carbocycles. The highest BCUT2D eigenvalue weighted by Gasteiger charge is 2.20. The summed E-state index contributed by atoms with van der Waals surface area (Å²) in [6.07, 6.45) is 0. The minimum atomic E-state index is 1.26. The molecule has 7 rings (SSSR count). The Bertz CT molecular complexity index is 1990. The second kappa shape index (κ2) is 9.50. The average molecular weight is 513 g/mol. The molecule has 0 N–H and O–H groups in total. The number of benzene rings is 7. The van der Waals surface area contributed by atoms with Crippen molar-refractivity contribution < 1.29 is 0 Å². The van der Waals surface area contributed by atoms with Crippen LogP contribution in [0.25, 0.3) is 65.7 Å². The summed E-state index contributed by atoms with van der Waals surface area (Å²) in [5.74, 6) is 0. The Morgan fingerprint density at radius 3 is 1.27 bits per heavy atom. The van der Waals surface area contributed by atoms with Crippen molar-refractivity contribution in [2.75, 3.05) is 0 Å². The Hall–Kier alpha value is -4.68.